The zero-order valence-electron chi connectivity index (χ0n) is 16.1. The highest BCUT2D eigenvalue weighted by Gasteiger charge is 2.47. The van der Waals surface area contributed by atoms with Crippen LogP contribution in [0.5, 0.6) is 0 Å². The number of carbonyl (C=O) groups excluding carboxylic acids is 1. The predicted octanol–water partition coefficient (Wildman–Crippen LogP) is 5.83. The third-order valence-electron chi connectivity index (χ3n) is 6.65. The van der Waals surface area contributed by atoms with Crippen LogP contribution in [-0.4, -0.2) is 28.9 Å². The van der Waals surface area contributed by atoms with Gasteiger partial charge in [-0.05, 0) is 85.7 Å². The van der Waals surface area contributed by atoms with Crippen LogP contribution >= 0.6 is 11.6 Å². The summed E-state index contributed by atoms with van der Waals surface area (Å²) in [6.45, 7) is 1.65. The first-order chi connectivity index (χ1) is 14.0. The Morgan fingerprint density at radius 1 is 1.07 bits per heavy atom. The molecule has 1 aliphatic carbocycles. The van der Waals surface area contributed by atoms with Gasteiger partial charge in [0.1, 0.15) is 5.82 Å². The fourth-order valence-electron chi connectivity index (χ4n) is 5.04. The molecular weight excluding hydrogens is 387 g/mol. The molecule has 1 aromatic heterocycles. The molecule has 3 aromatic rings. The fourth-order valence-corrected chi connectivity index (χ4v) is 5.16. The molecule has 2 fully saturated rings. The molecule has 1 amide bonds. The normalized spacial score (nSPS) is 18.8. The SMILES string of the molecule is O=C(c1ccc(Cl)cc1)N1CC2(CCC(c3ccnc4ccc(F)cc34)CC2)C1. The van der Waals surface area contributed by atoms with Crippen molar-refractivity contribution in [2.75, 3.05) is 13.1 Å². The summed E-state index contributed by atoms with van der Waals surface area (Å²) in [5.74, 6) is 0.299. The number of hydrogen-bond donors (Lipinski definition) is 0. The highest BCUT2D eigenvalue weighted by molar-refractivity contribution is 6.30. The molecule has 0 radical (unpaired) electrons. The van der Waals surface area contributed by atoms with Crippen LogP contribution in [0.1, 0.15) is 47.5 Å². The molecule has 29 heavy (non-hydrogen) atoms. The Morgan fingerprint density at radius 2 is 1.79 bits per heavy atom. The third kappa shape index (κ3) is 3.40. The van der Waals surface area contributed by atoms with E-state index in [1.807, 2.05) is 17.2 Å². The van der Waals surface area contributed by atoms with E-state index in [9.17, 15) is 9.18 Å². The Morgan fingerprint density at radius 3 is 2.52 bits per heavy atom. The number of halogens is 2. The Kier molecular flexibility index (Phi) is 4.54. The van der Waals surface area contributed by atoms with E-state index in [-0.39, 0.29) is 17.1 Å². The summed E-state index contributed by atoms with van der Waals surface area (Å²) < 4.78 is 13.8. The molecule has 5 heteroatoms. The number of rotatable bonds is 2. The molecule has 5 rings (SSSR count). The van der Waals surface area contributed by atoms with Crippen LogP contribution in [0.3, 0.4) is 0 Å². The maximum Gasteiger partial charge on any atom is 0.253 e. The van der Waals surface area contributed by atoms with E-state index >= 15 is 0 Å². The number of carbonyl (C=O) groups is 1. The van der Waals surface area contributed by atoms with Gasteiger partial charge in [-0.3, -0.25) is 9.78 Å². The van der Waals surface area contributed by atoms with Gasteiger partial charge < -0.3 is 4.90 Å². The lowest BCUT2D eigenvalue weighted by molar-refractivity contribution is -0.0185. The number of hydrogen-bond acceptors (Lipinski definition) is 2. The first-order valence-corrected chi connectivity index (χ1v) is 10.5. The van der Waals surface area contributed by atoms with E-state index in [2.05, 4.69) is 4.98 Å². The van der Waals surface area contributed by atoms with Crippen molar-refractivity contribution in [2.45, 2.75) is 31.6 Å². The first-order valence-electron chi connectivity index (χ1n) is 10.1. The molecule has 1 spiro atoms. The number of amides is 1. The topological polar surface area (TPSA) is 33.2 Å². The molecule has 2 heterocycles. The van der Waals surface area contributed by atoms with Crippen LogP contribution in [0.4, 0.5) is 4.39 Å². The van der Waals surface area contributed by atoms with Crippen molar-refractivity contribution in [2.24, 2.45) is 5.41 Å². The minimum absolute atomic E-state index is 0.0880. The molecule has 148 valence electrons. The zero-order chi connectivity index (χ0) is 20.0. The number of pyridine rings is 1. The Hall–Kier alpha value is -2.46. The molecule has 2 aliphatic rings. The van der Waals surface area contributed by atoms with Crippen molar-refractivity contribution in [1.82, 2.24) is 9.88 Å². The summed E-state index contributed by atoms with van der Waals surface area (Å²) in [4.78, 5) is 19.0. The lowest BCUT2D eigenvalue weighted by Crippen LogP contribution is -2.59. The minimum Gasteiger partial charge on any atom is -0.337 e. The molecule has 0 atom stereocenters. The Bertz CT molecular complexity index is 1070. The number of aromatic nitrogens is 1. The van der Waals surface area contributed by atoms with Gasteiger partial charge in [0.25, 0.3) is 5.91 Å². The summed E-state index contributed by atoms with van der Waals surface area (Å²) >= 11 is 5.92. The molecule has 0 N–H and O–H groups in total. The van der Waals surface area contributed by atoms with Crippen LogP contribution in [-0.2, 0) is 0 Å². The first kappa shape index (κ1) is 18.6. The largest absolute Gasteiger partial charge is 0.337 e. The molecule has 0 unspecified atom stereocenters. The van der Waals surface area contributed by atoms with Crippen molar-refractivity contribution in [3.63, 3.8) is 0 Å². The van der Waals surface area contributed by atoms with Gasteiger partial charge in [-0.25, -0.2) is 4.39 Å². The van der Waals surface area contributed by atoms with Gasteiger partial charge in [-0.15, -0.1) is 0 Å². The number of fused-ring (bicyclic) bond motifs is 1. The van der Waals surface area contributed by atoms with E-state index in [4.69, 9.17) is 11.6 Å². The molecule has 2 aromatic carbocycles. The van der Waals surface area contributed by atoms with Gasteiger partial charge in [0.15, 0.2) is 0 Å². The quantitative estimate of drug-likeness (QED) is 0.534. The van der Waals surface area contributed by atoms with Gasteiger partial charge in [0.05, 0.1) is 5.52 Å². The predicted molar refractivity (Wildman–Crippen MR) is 113 cm³/mol. The average Bonchev–Trinajstić information content (AvgIpc) is 2.72. The van der Waals surface area contributed by atoms with Crippen LogP contribution in [0.25, 0.3) is 10.9 Å². The zero-order valence-corrected chi connectivity index (χ0v) is 16.8. The molecule has 1 saturated heterocycles. The van der Waals surface area contributed by atoms with E-state index in [0.29, 0.717) is 16.5 Å². The Balaban J connectivity index is 1.26. The molecule has 1 saturated carbocycles. The van der Waals surface area contributed by atoms with Gasteiger partial charge in [0.2, 0.25) is 0 Å². The van der Waals surface area contributed by atoms with Crippen LogP contribution in [0, 0.1) is 11.2 Å². The van der Waals surface area contributed by atoms with Crippen molar-refractivity contribution < 1.29 is 9.18 Å². The van der Waals surface area contributed by atoms with Crippen LogP contribution in [0.15, 0.2) is 54.7 Å². The van der Waals surface area contributed by atoms with Crippen LogP contribution < -0.4 is 0 Å². The van der Waals surface area contributed by atoms with E-state index in [1.54, 1.807) is 36.4 Å². The third-order valence-corrected chi connectivity index (χ3v) is 6.91. The lowest BCUT2D eigenvalue weighted by Gasteiger charge is -2.53. The monoisotopic (exact) mass is 408 g/mol. The van der Waals surface area contributed by atoms with Gasteiger partial charge in [-0.1, -0.05) is 11.6 Å². The van der Waals surface area contributed by atoms with Crippen molar-refractivity contribution in [3.8, 4) is 0 Å². The summed E-state index contributed by atoms with van der Waals surface area (Å²) in [5.41, 5.74) is 3.00. The number of likely N-dealkylation sites (tertiary alicyclic amines) is 1. The molecule has 0 bridgehead atoms. The van der Waals surface area contributed by atoms with Crippen molar-refractivity contribution in [3.05, 3.63) is 76.7 Å². The standard InChI is InChI=1S/C24H22ClFN2O/c25-18-3-1-17(2-4-18)23(29)28-14-24(15-28)10-7-16(8-11-24)20-9-12-27-22-6-5-19(26)13-21(20)22/h1-6,9,12-13,16H,7-8,10-11,14-15H2. The second-order valence-electron chi connectivity index (χ2n) is 8.50. The molecule has 3 nitrogen and oxygen atoms in total. The highest BCUT2D eigenvalue weighted by Crippen LogP contribution is 2.49. The van der Waals surface area contributed by atoms with Gasteiger partial charge in [-0.2, -0.15) is 0 Å². The lowest BCUT2D eigenvalue weighted by atomic mass is 9.64. The van der Waals surface area contributed by atoms with E-state index in [1.165, 1.54) is 11.6 Å². The van der Waals surface area contributed by atoms with Gasteiger partial charge >= 0.3 is 0 Å². The van der Waals surface area contributed by atoms with Gasteiger partial charge in [0, 0.05) is 40.7 Å². The van der Waals surface area contributed by atoms with E-state index < -0.39 is 0 Å². The maximum atomic E-state index is 13.8. The second-order valence-corrected chi connectivity index (χ2v) is 8.94. The van der Waals surface area contributed by atoms with Crippen LogP contribution in [0.2, 0.25) is 5.02 Å². The number of benzene rings is 2. The molecular formula is C24H22ClFN2O. The summed E-state index contributed by atoms with van der Waals surface area (Å²) in [6, 6.07) is 14.0. The minimum atomic E-state index is -0.214. The fraction of sp³-hybridized carbons (Fsp3) is 0.333. The van der Waals surface area contributed by atoms with E-state index in [0.717, 1.165) is 49.7 Å². The Labute approximate surface area is 174 Å². The second kappa shape index (κ2) is 7.10. The number of nitrogens with zero attached hydrogens (tertiary/aromatic N) is 2. The highest BCUT2D eigenvalue weighted by atomic mass is 35.5. The van der Waals surface area contributed by atoms with Crippen molar-refractivity contribution >= 4 is 28.4 Å². The van der Waals surface area contributed by atoms with Crippen molar-refractivity contribution in [1.29, 1.82) is 0 Å². The maximum absolute atomic E-state index is 13.8. The smallest absolute Gasteiger partial charge is 0.253 e. The summed E-state index contributed by atoms with van der Waals surface area (Å²) in [6.07, 6.45) is 6.16. The summed E-state index contributed by atoms with van der Waals surface area (Å²) in [7, 11) is 0. The molecule has 1 aliphatic heterocycles. The summed E-state index contributed by atoms with van der Waals surface area (Å²) in [5, 5.41) is 1.57. The average molecular weight is 409 g/mol.